The van der Waals surface area contributed by atoms with E-state index in [9.17, 15) is 19.2 Å². The first kappa shape index (κ1) is 18.1. The second kappa shape index (κ2) is 7.65. The number of carbonyl (C=O) groups excluding carboxylic acids is 4. The van der Waals surface area contributed by atoms with E-state index in [4.69, 9.17) is 0 Å². The van der Waals surface area contributed by atoms with Crippen molar-refractivity contribution < 1.29 is 19.2 Å². The molecule has 2 aliphatic heterocycles. The van der Waals surface area contributed by atoms with Gasteiger partial charge in [-0.15, -0.1) is 0 Å². The summed E-state index contributed by atoms with van der Waals surface area (Å²) in [5, 5.41) is 5.73. The van der Waals surface area contributed by atoms with Crippen LogP contribution < -0.4 is 15.5 Å². The van der Waals surface area contributed by atoms with Crippen LogP contribution in [0.15, 0.2) is 18.2 Å². The van der Waals surface area contributed by atoms with Crippen molar-refractivity contribution in [2.75, 3.05) is 38.1 Å². The third-order valence-electron chi connectivity index (χ3n) is 4.82. The second-order valence-electron chi connectivity index (χ2n) is 6.36. The van der Waals surface area contributed by atoms with Crippen molar-refractivity contribution in [2.45, 2.75) is 18.9 Å². The molecule has 1 saturated heterocycles. The zero-order valence-electron chi connectivity index (χ0n) is 14.7. The minimum Gasteiger partial charge on any atom is -0.369 e. The first-order valence-electron chi connectivity index (χ1n) is 8.70. The molecular weight excluding hydrogens is 336 g/mol. The van der Waals surface area contributed by atoms with Gasteiger partial charge in [-0.25, -0.2) is 0 Å². The van der Waals surface area contributed by atoms with E-state index in [-0.39, 0.29) is 18.7 Å². The van der Waals surface area contributed by atoms with E-state index in [1.807, 2.05) is 6.07 Å². The van der Waals surface area contributed by atoms with E-state index >= 15 is 0 Å². The predicted octanol–water partition coefficient (Wildman–Crippen LogP) is -0.214. The molecule has 0 aliphatic carbocycles. The predicted molar refractivity (Wildman–Crippen MR) is 95.2 cm³/mol. The molecule has 2 aliphatic rings. The van der Waals surface area contributed by atoms with Gasteiger partial charge in [-0.1, -0.05) is 0 Å². The maximum atomic E-state index is 12.8. The van der Waals surface area contributed by atoms with Crippen molar-refractivity contribution in [1.29, 1.82) is 0 Å². The van der Waals surface area contributed by atoms with Gasteiger partial charge in [0.05, 0.1) is 17.2 Å². The minimum absolute atomic E-state index is 0.0688. The summed E-state index contributed by atoms with van der Waals surface area (Å²) < 4.78 is 0. The Balaban J connectivity index is 1.82. The van der Waals surface area contributed by atoms with Gasteiger partial charge >= 0.3 is 0 Å². The summed E-state index contributed by atoms with van der Waals surface area (Å²) in [6.45, 7) is 3.38. The lowest BCUT2D eigenvalue weighted by atomic mass is 10.1. The van der Waals surface area contributed by atoms with Gasteiger partial charge in [0.15, 0.2) is 0 Å². The van der Waals surface area contributed by atoms with Crippen LogP contribution in [0.4, 0.5) is 5.69 Å². The molecule has 1 aromatic rings. The molecule has 0 radical (unpaired) electrons. The Bertz CT molecular complexity index is 743. The zero-order valence-corrected chi connectivity index (χ0v) is 14.7. The lowest BCUT2D eigenvalue weighted by Crippen LogP contribution is -2.43. The van der Waals surface area contributed by atoms with Gasteiger partial charge in [-0.3, -0.25) is 19.3 Å². The highest BCUT2D eigenvalue weighted by Crippen LogP contribution is 2.29. The van der Waals surface area contributed by atoms with E-state index in [1.165, 1.54) is 7.05 Å². The average molecular weight is 358 g/mol. The molecule has 8 nitrogen and oxygen atoms in total. The summed E-state index contributed by atoms with van der Waals surface area (Å²) in [6.07, 6.45) is 0.737. The molecule has 3 rings (SSSR count). The highest BCUT2D eigenvalue weighted by molar-refractivity contribution is 6.22. The smallest absolute Gasteiger partial charge is 0.262 e. The van der Waals surface area contributed by atoms with Crippen LogP contribution in [0.5, 0.6) is 0 Å². The quantitative estimate of drug-likeness (QED) is 0.539. The normalized spacial score (nSPS) is 17.9. The first-order chi connectivity index (χ1) is 12.6. The summed E-state index contributed by atoms with van der Waals surface area (Å²) in [4.78, 5) is 51.4. The molecule has 1 unspecified atom stereocenters. The molecule has 0 bridgehead atoms. The number of nitrogens with zero attached hydrogens (tertiary/aromatic N) is 2. The summed E-state index contributed by atoms with van der Waals surface area (Å²) in [7, 11) is 1.50. The number of benzene rings is 1. The lowest BCUT2D eigenvalue weighted by molar-refractivity contribution is -0.121. The highest BCUT2D eigenvalue weighted by atomic mass is 16.2. The van der Waals surface area contributed by atoms with Gasteiger partial charge in [0.2, 0.25) is 5.91 Å². The maximum absolute atomic E-state index is 12.8. The van der Waals surface area contributed by atoms with Crippen molar-refractivity contribution in [2.24, 2.45) is 0 Å². The van der Waals surface area contributed by atoms with Gasteiger partial charge in [-0.05, 0) is 24.6 Å². The van der Waals surface area contributed by atoms with Crippen LogP contribution in [-0.2, 0) is 9.59 Å². The number of hydrogen-bond acceptors (Lipinski definition) is 6. The number of rotatable bonds is 6. The molecule has 1 atom stereocenters. The van der Waals surface area contributed by atoms with Gasteiger partial charge in [0, 0.05) is 45.3 Å². The van der Waals surface area contributed by atoms with Crippen LogP contribution in [0.3, 0.4) is 0 Å². The summed E-state index contributed by atoms with van der Waals surface area (Å²) in [6, 6.07) is 4.26. The van der Waals surface area contributed by atoms with Crippen LogP contribution in [0.1, 0.15) is 33.6 Å². The molecule has 0 saturated carbocycles. The van der Waals surface area contributed by atoms with Gasteiger partial charge < -0.3 is 20.3 Å². The van der Waals surface area contributed by atoms with Crippen LogP contribution in [0, 0.1) is 0 Å². The van der Waals surface area contributed by atoms with E-state index in [0.717, 1.165) is 36.8 Å². The Kier molecular flexibility index (Phi) is 5.32. The van der Waals surface area contributed by atoms with Crippen LogP contribution in [0.2, 0.25) is 0 Å². The lowest BCUT2D eigenvalue weighted by Gasteiger charge is -2.29. The third kappa shape index (κ3) is 3.32. The maximum Gasteiger partial charge on any atom is 0.262 e. The Labute approximate surface area is 151 Å². The Morgan fingerprint density at radius 3 is 2.58 bits per heavy atom. The van der Waals surface area contributed by atoms with Gasteiger partial charge in [0.1, 0.15) is 6.29 Å². The SMILES string of the molecule is CNC(=O)CCC(C=O)N1C(=O)c2ccc(N3CCNCC3)cc2C1=O. The molecule has 2 heterocycles. The van der Waals surface area contributed by atoms with Crippen molar-refractivity contribution in [1.82, 2.24) is 15.5 Å². The largest absolute Gasteiger partial charge is 0.369 e. The van der Waals surface area contributed by atoms with Crippen LogP contribution in [0.25, 0.3) is 0 Å². The van der Waals surface area contributed by atoms with E-state index < -0.39 is 17.9 Å². The number of hydrogen-bond donors (Lipinski definition) is 2. The third-order valence-corrected chi connectivity index (χ3v) is 4.82. The summed E-state index contributed by atoms with van der Waals surface area (Å²) in [5.41, 5.74) is 1.51. The number of imide groups is 1. The topological polar surface area (TPSA) is 98.8 Å². The fourth-order valence-electron chi connectivity index (χ4n) is 3.33. The van der Waals surface area contributed by atoms with Crippen molar-refractivity contribution in [3.8, 4) is 0 Å². The van der Waals surface area contributed by atoms with Crippen molar-refractivity contribution >= 4 is 29.7 Å². The van der Waals surface area contributed by atoms with Crippen molar-refractivity contribution in [3.63, 3.8) is 0 Å². The monoisotopic (exact) mass is 358 g/mol. The first-order valence-corrected chi connectivity index (χ1v) is 8.70. The van der Waals surface area contributed by atoms with E-state index in [0.29, 0.717) is 17.4 Å². The second-order valence-corrected chi connectivity index (χ2v) is 6.36. The Morgan fingerprint density at radius 1 is 1.23 bits per heavy atom. The standard InChI is InChI=1S/C18H22N4O4/c1-19-16(24)5-3-13(11-23)22-17(25)14-4-2-12(10-15(14)18(22)26)21-8-6-20-7-9-21/h2,4,10-11,13,20H,3,5-9H2,1H3,(H,19,24). The number of aldehydes is 1. The number of anilines is 1. The molecular formula is C18H22N4O4. The molecule has 1 aromatic carbocycles. The van der Waals surface area contributed by atoms with E-state index in [1.54, 1.807) is 12.1 Å². The zero-order chi connectivity index (χ0) is 18.7. The Morgan fingerprint density at radius 2 is 1.92 bits per heavy atom. The Hall–Kier alpha value is -2.74. The molecule has 2 N–H and O–H groups in total. The summed E-state index contributed by atoms with van der Waals surface area (Å²) >= 11 is 0. The fourth-order valence-corrected chi connectivity index (χ4v) is 3.33. The van der Waals surface area contributed by atoms with Gasteiger partial charge in [-0.2, -0.15) is 0 Å². The molecule has 26 heavy (non-hydrogen) atoms. The molecule has 0 spiro atoms. The number of amides is 3. The highest BCUT2D eigenvalue weighted by Gasteiger charge is 2.40. The van der Waals surface area contributed by atoms with Crippen molar-refractivity contribution in [3.05, 3.63) is 29.3 Å². The molecule has 8 heteroatoms. The number of carbonyl (C=O) groups is 4. The van der Waals surface area contributed by atoms with Gasteiger partial charge in [0.25, 0.3) is 11.8 Å². The number of nitrogens with one attached hydrogen (secondary N) is 2. The average Bonchev–Trinajstić information content (AvgIpc) is 2.93. The van der Waals surface area contributed by atoms with Crippen LogP contribution >= 0.6 is 0 Å². The molecule has 138 valence electrons. The molecule has 0 aromatic heterocycles. The molecule has 3 amide bonds. The fraction of sp³-hybridized carbons (Fsp3) is 0.444. The number of piperazine rings is 1. The van der Waals surface area contributed by atoms with E-state index in [2.05, 4.69) is 15.5 Å². The number of fused-ring (bicyclic) bond motifs is 1. The summed E-state index contributed by atoms with van der Waals surface area (Å²) in [5.74, 6) is -1.20. The minimum atomic E-state index is -0.942. The van der Waals surface area contributed by atoms with Crippen LogP contribution in [-0.4, -0.2) is 68.2 Å². The molecule has 1 fully saturated rings.